The number of benzene rings is 2. The molecule has 1 N–H and O–H groups in total. The first kappa shape index (κ1) is 20.2. The fourth-order valence-electron chi connectivity index (χ4n) is 2.82. The number of hydrogen-bond acceptors (Lipinski definition) is 5. The second-order valence-corrected chi connectivity index (χ2v) is 7.33. The Hall–Kier alpha value is -1.50. The van der Waals surface area contributed by atoms with Crippen LogP contribution in [0.25, 0.3) is 0 Å². The van der Waals surface area contributed by atoms with Gasteiger partial charge in [0.25, 0.3) is 0 Å². The molecule has 2 aromatic carbocycles. The van der Waals surface area contributed by atoms with E-state index < -0.39 is 0 Å². The van der Waals surface area contributed by atoms with Gasteiger partial charge in [0.05, 0.1) is 42.3 Å². The van der Waals surface area contributed by atoms with Crippen LogP contribution in [-0.2, 0) is 11.3 Å². The average Bonchev–Trinajstić information content (AvgIpc) is 2.65. The summed E-state index contributed by atoms with van der Waals surface area (Å²) in [5.41, 5.74) is 5.43. The summed E-state index contributed by atoms with van der Waals surface area (Å²) < 4.78 is 10.9. The van der Waals surface area contributed by atoms with Crippen LogP contribution in [-0.4, -0.2) is 44.5 Å². The lowest BCUT2D eigenvalue weighted by Gasteiger charge is -2.27. The minimum absolute atomic E-state index is 0.410. The van der Waals surface area contributed by atoms with Crippen LogP contribution < -0.4 is 10.2 Å². The van der Waals surface area contributed by atoms with Crippen LogP contribution in [0.1, 0.15) is 11.1 Å². The number of anilines is 1. The Kier molecular flexibility index (Phi) is 7.21. The molecule has 27 heavy (non-hydrogen) atoms. The van der Waals surface area contributed by atoms with Crippen molar-refractivity contribution in [1.82, 2.24) is 4.90 Å². The summed E-state index contributed by atoms with van der Waals surface area (Å²) in [6, 6.07) is 9.17. The van der Waals surface area contributed by atoms with E-state index in [9.17, 15) is 0 Å². The fraction of sp³-hybridized carbons (Fsp3) is 0.316. The molecule has 1 heterocycles. The summed E-state index contributed by atoms with van der Waals surface area (Å²) in [5.74, 6) is 0.857. The Morgan fingerprint density at radius 3 is 2.52 bits per heavy atom. The topological polar surface area (TPSA) is 46.1 Å². The maximum atomic E-state index is 6.15. The van der Waals surface area contributed by atoms with Crippen LogP contribution >= 0.6 is 34.8 Å². The minimum atomic E-state index is 0.410. The largest absolute Gasteiger partial charge is 0.496 e. The first-order valence-corrected chi connectivity index (χ1v) is 9.61. The maximum Gasteiger partial charge on any atom is 0.123 e. The van der Waals surface area contributed by atoms with Crippen molar-refractivity contribution in [1.29, 1.82) is 0 Å². The summed E-state index contributed by atoms with van der Waals surface area (Å²) in [4.78, 5) is 2.34. The maximum absolute atomic E-state index is 6.15. The third-order valence-corrected chi connectivity index (χ3v) is 5.01. The number of halogens is 3. The summed E-state index contributed by atoms with van der Waals surface area (Å²) >= 11 is 18.2. The van der Waals surface area contributed by atoms with Crippen molar-refractivity contribution in [2.75, 3.05) is 38.8 Å². The van der Waals surface area contributed by atoms with Crippen molar-refractivity contribution in [3.63, 3.8) is 0 Å². The van der Waals surface area contributed by atoms with Gasteiger partial charge in [0, 0.05) is 30.2 Å². The molecule has 3 rings (SSSR count). The molecule has 0 unspecified atom stereocenters. The molecular formula is C19H20Cl3N3O2. The van der Waals surface area contributed by atoms with E-state index in [1.54, 1.807) is 25.5 Å². The van der Waals surface area contributed by atoms with Crippen LogP contribution in [0.15, 0.2) is 35.4 Å². The molecule has 0 radical (unpaired) electrons. The second-order valence-electron chi connectivity index (χ2n) is 6.07. The van der Waals surface area contributed by atoms with Crippen LogP contribution in [0.3, 0.4) is 0 Å². The quantitative estimate of drug-likeness (QED) is 0.523. The van der Waals surface area contributed by atoms with Crippen LogP contribution in [0.5, 0.6) is 5.75 Å². The Bertz CT molecular complexity index is 801. The zero-order valence-corrected chi connectivity index (χ0v) is 17.1. The molecule has 0 amide bonds. The Labute approximate surface area is 173 Å². The average molecular weight is 429 g/mol. The van der Waals surface area contributed by atoms with Crippen LogP contribution in [0.4, 0.5) is 5.69 Å². The van der Waals surface area contributed by atoms with Gasteiger partial charge in [-0.3, -0.25) is 10.3 Å². The molecule has 1 aliphatic rings. The zero-order chi connectivity index (χ0) is 19.2. The van der Waals surface area contributed by atoms with Gasteiger partial charge < -0.3 is 9.47 Å². The molecule has 0 aliphatic carbocycles. The van der Waals surface area contributed by atoms with E-state index in [0.29, 0.717) is 20.8 Å². The molecular weight excluding hydrogens is 409 g/mol. The Morgan fingerprint density at radius 1 is 1.15 bits per heavy atom. The summed E-state index contributed by atoms with van der Waals surface area (Å²) in [6.45, 7) is 4.15. The molecule has 2 aromatic rings. The lowest BCUT2D eigenvalue weighted by Crippen LogP contribution is -2.35. The first-order chi connectivity index (χ1) is 13.1. The molecule has 5 nitrogen and oxygen atoms in total. The van der Waals surface area contributed by atoms with E-state index in [1.165, 1.54) is 0 Å². The molecule has 1 aliphatic heterocycles. The van der Waals surface area contributed by atoms with Crippen molar-refractivity contribution >= 4 is 46.7 Å². The van der Waals surface area contributed by atoms with Crippen molar-refractivity contribution < 1.29 is 9.47 Å². The Morgan fingerprint density at radius 2 is 1.85 bits per heavy atom. The molecule has 0 aromatic heterocycles. The van der Waals surface area contributed by atoms with Gasteiger partial charge in [-0.2, -0.15) is 5.10 Å². The molecule has 1 saturated heterocycles. The number of hydrogen-bond donors (Lipinski definition) is 1. The Balaban J connectivity index is 1.73. The normalized spacial score (nSPS) is 15.3. The lowest BCUT2D eigenvalue weighted by atomic mass is 10.1. The van der Waals surface area contributed by atoms with E-state index in [4.69, 9.17) is 44.3 Å². The number of methoxy groups -OCH3 is 1. The SMILES string of the molecule is COc1ccc(C=NNc2c(Cl)cc(Cl)cc2Cl)cc1CN1CCOCC1. The van der Waals surface area contributed by atoms with Gasteiger partial charge in [0.2, 0.25) is 0 Å². The van der Waals surface area contributed by atoms with Gasteiger partial charge in [0.1, 0.15) is 5.75 Å². The second kappa shape index (κ2) is 9.62. The number of rotatable bonds is 6. The smallest absolute Gasteiger partial charge is 0.123 e. The molecule has 0 saturated carbocycles. The van der Waals surface area contributed by atoms with Gasteiger partial charge in [-0.15, -0.1) is 0 Å². The van der Waals surface area contributed by atoms with Gasteiger partial charge in [-0.25, -0.2) is 0 Å². The van der Waals surface area contributed by atoms with Gasteiger partial charge >= 0.3 is 0 Å². The zero-order valence-electron chi connectivity index (χ0n) is 14.8. The van der Waals surface area contributed by atoms with E-state index in [2.05, 4.69) is 21.5 Å². The third-order valence-electron chi connectivity index (χ3n) is 4.20. The van der Waals surface area contributed by atoms with Crippen LogP contribution in [0, 0.1) is 0 Å². The number of morpholine rings is 1. The summed E-state index contributed by atoms with van der Waals surface area (Å²) in [7, 11) is 1.68. The standard InChI is InChI=1S/C19H20Cl3N3O2/c1-26-18-3-2-13(8-14(18)12-25-4-6-27-7-5-25)11-23-24-19-16(21)9-15(20)10-17(19)22/h2-3,8-11,24H,4-7,12H2,1H3. The van der Waals surface area contributed by atoms with Crippen molar-refractivity contribution in [2.24, 2.45) is 5.10 Å². The molecule has 0 bridgehead atoms. The highest BCUT2D eigenvalue weighted by Gasteiger charge is 2.13. The minimum Gasteiger partial charge on any atom is -0.496 e. The summed E-state index contributed by atoms with van der Waals surface area (Å²) in [6.07, 6.45) is 1.71. The summed E-state index contributed by atoms with van der Waals surface area (Å²) in [5, 5.41) is 5.54. The van der Waals surface area contributed by atoms with E-state index >= 15 is 0 Å². The van der Waals surface area contributed by atoms with E-state index in [0.717, 1.165) is 49.7 Å². The lowest BCUT2D eigenvalue weighted by molar-refractivity contribution is 0.0339. The van der Waals surface area contributed by atoms with E-state index in [-0.39, 0.29) is 0 Å². The number of nitrogens with zero attached hydrogens (tertiary/aromatic N) is 2. The highest BCUT2D eigenvalue weighted by atomic mass is 35.5. The van der Waals surface area contributed by atoms with Gasteiger partial charge in [-0.05, 0) is 35.9 Å². The number of nitrogens with one attached hydrogen (secondary N) is 1. The van der Waals surface area contributed by atoms with Crippen LogP contribution in [0.2, 0.25) is 15.1 Å². The highest BCUT2D eigenvalue weighted by molar-refractivity contribution is 6.41. The molecule has 144 valence electrons. The molecule has 0 atom stereocenters. The number of ether oxygens (including phenoxy) is 2. The van der Waals surface area contributed by atoms with Crippen molar-refractivity contribution in [2.45, 2.75) is 6.54 Å². The predicted molar refractivity (Wildman–Crippen MR) is 112 cm³/mol. The number of hydrazone groups is 1. The van der Waals surface area contributed by atoms with Gasteiger partial charge in [0.15, 0.2) is 0 Å². The van der Waals surface area contributed by atoms with Gasteiger partial charge in [-0.1, -0.05) is 34.8 Å². The monoisotopic (exact) mass is 427 g/mol. The van der Waals surface area contributed by atoms with Crippen molar-refractivity contribution in [3.05, 3.63) is 56.5 Å². The predicted octanol–water partition coefficient (Wildman–Crippen LogP) is 4.93. The molecule has 1 fully saturated rings. The van der Waals surface area contributed by atoms with Crippen molar-refractivity contribution in [3.8, 4) is 5.75 Å². The third kappa shape index (κ3) is 5.50. The molecule has 8 heteroatoms. The highest BCUT2D eigenvalue weighted by Crippen LogP contribution is 2.33. The van der Waals surface area contributed by atoms with E-state index in [1.807, 2.05) is 12.1 Å². The first-order valence-electron chi connectivity index (χ1n) is 8.47. The fourth-order valence-corrected chi connectivity index (χ4v) is 3.72. The molecule has 0 spiro atoms.